The SMILES string of the molecule is Cc1ccc2c3ccccc3n(-c3ccc(-c4ccc5ccccc5c4)cc3)c2c1. The average molecular weight is 383 g/mol. The molecule has 1 heterocycles. The molecule has 5 aromatic carbocycles. The Morgan fingerprint density at radius 1 is 0.500 bits per heavy atom. The lowest BCUT2D eigenvalue weighted by atomic mass is 10.0. The lowest BCUT2D eigenvalue weighted by Crippen LogP contribution is -1.94. The molecule has 142 valence electrons. The minimum atomic E-state index is 1.19. The summed E-state index contributed by atoms with van der Waals surface area (Å²) in [5.41, 5.74) is 7.46. The Kier molecular flexibility index (Phi) is 3.75. The van der Waals surface area contributed by atoms with Gasteiger partial charge in [-0.3, -0.25) is 0 Å². The molecule has 0 atom stereocenters. The van der Waals surface area contributed by atoms with E-state index in [1.165, 1.54) is 55.0 Å². The highest BCUT2D eigenvalue weighted by Gasteiger charge is 2.12. The van der Waals surface area contributed by atoms with Crippen molar-refractivity contribution in [2.24, 2.45) is 0 Å². The molecule has 0 bridgehead atoms. The van der Waals surface area contributed by atoms with E-state index in [0.29, 0.717) is 0 Å². The number of hydrogen-bond donors (Lipinski definition) is 0. The summed E-state index contributed by atoms with van der Waals surface area (Å²) >= 11 is 0. The molecule has 0 radical (unpaired) electrons. The van der Waals surface area contributed by atoms with Gasteiger partial charge < -0.3 is 4.57 Å². The average Bonchev–Trinajstić information content (AvgIpc) is 3.12. The van der Waals surface area contributed by atoms with Gasteiger partial charge in [0.2, 0.25) is 0 Å². The van der Waals surface area contributed by atoms with Gasteiger partial charge in [0.1, 0.15) is 0 Å². The van der Waals surface area contributed by atoms with Crippen LogP contribution in [0.3, 0.4) is 0 Å². The molecule has 0 amide bonds. The Hall–Kier alpha value is -3.84. The van der Waals surface area contributed by atoms with Crippen molar-refractivity contribution in [2.75, 3.05) is 0 Å². The summed E-state index contributed by atoms with van der Waals surface area (Å²) in [6.45, 7) is 2.16. The van der Waals surface area contributed by atoms with Crippen LogP contribution < -0.4 is 0 Å². The van der Waals surface area contributed by atoms with Gasteiger partial charge in [0, 0.05) is 16.5 Å². The number of fused-ring (bicyclic) bond motifs is 4. The number of hydrogen-bond acceptors (Lipinski definition) is 0. The molecule has 6 aromatic rings. The van der Waals surface area contributed by atoms with E-state index >= 15 is 0 Å². The van der Waals surface area contributed by atoms with Gasteiger partial charge in [-0.05, 0) is 64.7 Å². The summed E-state index contributed by atoms with van der Waals surface area (Å²) in [4.78, 5) is 0. The van der Waals surface area contributed by atoms with Crippen LogP contribution in [0.5, 0.6) is 0 Å². The first-order chi connectivity index (χ1) is 14.8. The Balaban J connectivity index is 1.51. The number of para-hydroxylation sites is 1. The molecule has 1 heteroatoms. The smallest absolute Gasteiger partial charge is 0.0543 e. The second-order valence-corrected chi connectivity index (χ2v) is 7.98. The fraction of sp³-hybridized carbons (Fsp3) is 0.0345. The van der Waals surface area contributed by atoms with E-state index in [1.807, 2.05) is 0 Å². The molecule has 6 rings (SSSR count). The van der Waals surface area contributed by atoms with Crippen LogP contribution in [0.4, 0.5) is 0 Å². The predicted molar refractivity (Wildman–Crippen MR) is 128 cm³/mol. The molecule has 0 fully saturated rings. The highest BCUT2D eigenvalue weighted by molar-refractivity contribution is 6.09. The monoisotopic (exact) mass is 383 g/mol. The number of nitrogens with zero attached hydrogens (tertiary/aromatic N) is 1. The highest BCUT2D eigenvalue weighted by Crippen LogP contribution is 2.33. The Bertz CT molecular complexity index is 1530. The third kappa shape index (κ3) is 2.63. The molecule has 0 N–H and O–H groups in total. The van der Waals surface area contributed by atoms with Crippen LogP contribution >= 0.6 is 0 Å². The fourth-order valence-corrected chi connectivity index (χ4v) is 4.53. The maximum atomic E-state index is 2.38. The number of aromatic nitrogens is 1. The molecule has 0 aliphatic carbocycles. The van der Waals surface area contributed by atoms with Crippen LogP contribution in [-0.2, 0) is 0 Å². The van der Waals surface area contributed by atoms with Crippen molar-refractivity contribution < 1.29 is 0 Å². The van der Waals surface area contributed by atoms with Crippen molar-refractivity contribution >= 4 is 32.6 Å². The second-order valence-electron chi connectivity index (χ2n) is 7.98. The molecule has 0 saturated heterocycles. The van der Waals surface area contributed by atoms with Crippen molar-refractivity contribution in [2.45, 2.75) is 6.92 Å². The van der Waals surface area contributed by atoms with E-state index in [4.69, 9.17) is 0 Å². The summed E-state index contributed by atoms with van der Waals surface area (Å²) in [7, 11) is 0. The molecule has 0 saturated carbocycles. The third-order valence-corrected chi connectivity index (χ3v) is 6.04. The number of rotatable bonds is 2. The minimum Gasteiger partial charge on any atom is -0.309 e. The zero-order valence-electron chi connectivity index (χ0n) is 16.8. The molecule has 0 aliphatic heterocycles. The van der Waals surface area contributed by atoms with E-state index in [0.717, 1.165) is 0 Å². The predicted octanol–water partition coefficient (Wildman–Crippen LogP) is 7.91. The zero-order chi connectivity index (χ0) is 20.1. The van der Waals surface area contributed by atoms with Gasteiger partial charge >= 0.3 is 0 Å². The first-order valence-electron chi connectivity index (χ1n) is 10.4. The van der Waals surface area contributed by atoms with Crippen LogP contribution in [0.2, 0.25) is 0 Å². The van der Waals surface area contributed by atoms with Crippen molar-refractivity contribution in [1.82, 2.24) is 4.57 Å². The van der Waals surface area contributed by atoms with Crippen molar-refractivity contribution in [3.8, 4) is 16.8 Å². The Labute approximate surface area is 175 Å². The van der Waals surface area contributed by atoms with Crippen molar-refractivity contribution in [3.63, 3.8) is 0 Å². The fourth-order valence-electron chi connectivity index (χ4n) is 4.53. The molecule has 1 aromatic heterocycles. The van der Waals surface area contributed by atoms with Gasteiger partial charge in [-0.2, -0.15) is 0 Å². The van der Waals surface area contributed by atoms with Crippen LogP contribution in [0.15, 0.2) is 109 Å². The minimum absolute atomic E-state index is 1.19. The topological polar surface area (TPSA) is 4.93 Å². The summed E-state index contributed by atoms with van der Waals surface area (Å²) in [5.74, 6) is 0. The quantitative estimate of drug-likeness (QED) is 0.286. The van der Waals surface area contributed by atoms with Crippen LogP contribution in [-0.4, -0.2) is 4.57 Å². The van der Waals surface area contributed by atoms with Crippen molar-refractivity contribution in [3.05, 3.63) is 115 Å². The van der Waals surface area contributed by atoms with Crippen molar-refractivity contribution in [1.29, 1.82) is 0 Å². The highest BCUT2D eigenvalue weighted by atomic mass is 15.0. The first kappa shape index (κ1) is 17.1. The van der Waals surface area contributed by atoms with E-state index < -0.39 is 0 Å². The first-order valence-corrected chi connectivity index (χ1v) is 10.4. The van der Waals surface area contributed by atoms with Gasteiger partial charge in [0.25, 0.3) is 0 Å². The molecule has 1 nitrogen and oxygen atoms in total. The third-order valence-electron chi connectivity index (χ3n) is 6.04. The van der Waals surface area contributed by atoms with E-state index in [-0.39, 0.29) is 0 Å². The van der Waals surface area contributed by atoms with E-state index in [9.17, 15) is 0 Å². The normalized spacial score (nSPS) is 11.5. The van der Waals surface area contributed by atoms with Gasteiger partial charge in [-0.25, -0.2) is 0 Å². The molecule has 0 aliphatic rings. The standard InChI is InChI=1S/C29H21N/c1-20-10-17-27-26-8-4-5-9-28(26)30(29(27)18-20)25-15-13-22(14-16-25)24-12-11-21-6-2-3-7-23(21)19-24/h2-19H,1H3. The Morgan fingerprint density at radius 3 is 2.07 bits per heavy atom. The Morgan fingerprint density at radius 2 is 1.20 bits per heavy atom. The van der Waals surface area contributed by atoms with Gasteiger partial charge in [0.05, 0.1) is 11.0 Å². The maximum Gasteiger partial charge on any atom is 0.0543 e. The summed E-state index contributed by atoms with van der Waals surface area (Å²) in [5, 5.41) is 5.15. The molecular formula is C29H21N. The lowest BCUT2D eigenvalue weighted by Gasteiger charge is -2.10. The second kappa shape index (κ2) is 6.60. The molecule has 0 spiro atoms. The van der Waals surface area contributed by atoms with Crippen LogP contribution in [0.25, 0.3) is 49.4 Å². The number of aryl methyl sites for hydroxylation is 1. The largest absolute Gasteiger partial charge is 0.309 e. The van der Waals surface area contributed by atoms with Crippen LogP contribution in [0.1, 0.15) is 5.56 Å². The van der Waals surface area contributed by atoms with Gasteiger partial charge in [0.15, 0.2) is 0 Å². The van der Waals surface area contributed by atoms with Gasteiger partial charge in [-0.15, -0.1) is 0 Å². The summed E-state index contributed by atoms with van der Waals surface area (Å²) in [6, 6.07) is 39.5. The lowest BCUT2D eigenvalue weighted by molar-refractivity contribution is 1.18. The van der Waals surface area contributed by atoms with Gasteiger partial charge in [-0.1, -0.05) is 78.9 Å². The van der Waals surface area contributed by atoms with Crippen LogP contribution in [0, 0.1) is 6.92 Å². The summed E-state index contributed by atoms with van der Waals surface area (Å²) in [6.07, 6.45) is 0. The molecule has 0 unspecified atom stereocenters. The maximum absolute atomic E-state index is 2.38. The zero-order valence-corrected chi connectivity index (χ0v) is 16.8. The number of benzene rings is 5. The molecular weight excluding hydrogens is 362 g/mol. The van der Waals surface area contributed by atoms with E-state index in [1.54, 1.807) is 0 Å². The van der Waals surface area contributed by atoms with E-state index in [2.05, 4.69) is 121 Å². The summed E-state index contributed by atoms with van der Waals surface area (Å²) < 4.78 is 2.38. The molecule has 30 heavy (non-hydrogen) atoms.